The number of hydrogen-bond acceptors (Lipinski definition) is 1. The molecule has 1 unspecified atom stereocenters. The molecule has 16 heavy (non-hydrogen) atoms. The van der Waals surface area contributed by atoms with Gasteiger partial charge in [-0.1, -0.05) is 25.1 Å². The lowest BCUT2D eigenvalue weighted by molar-refractivity contribution is -0.117. The summed E-state index contributed by atoms with van der Waals surface area (Å²) < 4.78 is 0. The zero-order valence-corrected chi connectivity index (χ0v) is 10.3. The van der Waals surface area contributed by atoms with E-state index in [-0.39, 0.29) is 0 Å². The van der Waals surface area contributed by atoms with Crippen molar-refractivity contribution in [3.63, 3.8) is 0 Å². The van der Waals surface area contributed by atoms with Crippen LogP contribution in [0.4, 0.5) is 0 Å². The average Bonchev–Trinajstić information content (AvgIpc) is 2.28. The van der Waals surface area contributed by atoms with Crippen LogP contribution < -0.4 is 0 Å². The van der Waals surface area contributed by atoms with Gasteiger partial charge in [-0.05, 0) is 55.2 Å². The maximum Gasteiger partial charge on any atom is 0.130 e. The molecule has 1 aliphatic carbocycles. The largest absolute Gasteiger partial charge is 0.300 e. The monoisotopic (exact) mass is 216 g/mol. The van der Waals surface area contributed by atoms with Gasteiger partial charge in [-0.3, -0.25) is 0 Å². The predicted molar refractivity (Wildman–Crippen MR) is 66.8 cm³/mol. The van der Waals surface area contributed by atoms with Crippen LogP contribution in [0.3, 0.4) is 0 Å². The van der Waals surface area contributed by atoms with Crippen LogP contribution in [0.2, 0.25) is 0 Å². The third-order valence-electron chi connectivity index (χ3n) is 3.61. The van der Waals surface area contributed by atoms with E-state index >= 15 is 0 Å². The molecule has 1 atom stereocenters. The highest BCUT2D eigenvalue weighted by Gasteiger charge is 2.23. The molecular formula is C15H20O. The molecule has 0 aliphatic heterocycles. The molecule has 0 amide bonds. The average molecular weight is 216 g/mol. The summed E-state index contributed by atoms with van der Waals surface area (Å²) >= 11 is 0. The molecule has 86 valence electrons. The zero-order chi connectivity index (χ0) is 11.5. The topological polar surface area (TPSA) is 17.1 Å². The van der Waals surface area contributed by atoms with Crippen molar-refractivity contribution in [1.29, 1.82) is 0 Å². The Morgan fingerprint density at radius 2 is 2.25 bits per heavy atom. The van der Waals surface area contributed by atoms with Crippen LogP contribution in [-0.2, 0) is 17.6 Å². The SMILES string of the molecule is CCc1cccc2c1C(CC(C)=O)CCC2. The lowest BCUT2D eigenvalue weighted by Crippen LogP contribution is -2.14. The first-order valence-corrected chi connectivity index (χ1v) is 6.32. The third kappa shape index (κ3) is 2.18. The summed E-state index contributed by atoms with van der Waals surface area (Å²) in [5.74, 6) is 0.807. The number of hydrogen-bond donors (Lipinski definition) is 0. The molecule has 1 aromatic carbocycles. The summed E-state index contributed by atoms with van der Waals surface area (Å²) in [4.78, 5) is 11.3. The van der Waals surface area contributed by atoms with Crippen molar-refractivity contribution in [3.05, 3.63) is 34.9 Å². The summed E-state index contributed by atoms with van der Waals surface area (Å²) in [5, 5.41) is 0. The molecule has 0 spiro atoms. The first-order chi connectivity index (χ1) is 7.72. The van der Waals surface area contributed by atoms with Crippen LogP contribution in [0.25, 0.3) is 0 Å². The van der Waals surface area contributed by atoms with Crippen LogP contribution in [0.5, 0.6) is 0 Å². The van der Waals surface area contributed by atoms with Crippen LogP contribution >= 0.6 is 0 Å². The van der Waals surface area contributed by atoms with Crippen molar-refractivity contribution < 1.29 is 4.79 Å². The van der Waals surface area contributed by atoms with E-state index < -0.39 is 0 Å². The summed E-state index contributed by atoms with van der Waals surface area (Å²) in [7, 11) is 0. The molecule has 1 aliphatic rings. The van der Waals surface area contributed by atoms with Crippen molar-refractivity contribution >= 4 is 5.78 Å². The molecule has 0 aromatic heterocycles. The summed E-state index contributed by atoms with van der Waals surface area (Å²) in [6.07, 6.45) is 5.42. The minimum absolute atomic E-state index is 0.323. The molecular weight excluding hydrogens is 196 g/mol. The Morgan fingerprint density at radius 1 is 1.44 bits per heavy atom. The smallest absolute Gasteiger partial charge is 0.130 e. The van der Waals surface area contributed by atoms with Gasteiger partial charge >= 0.3 is 0 Å². The first kappa shape index (κ1) is 11.4. The quantitative estimate of drug-likeness (QED) is 0.753. The van der Waals surface area contributed by atoms with E-state index in [1.807, 2.05) is 0 Å². The van der Waals surface area contributed by atoms with E-state index in [9.17, 15) is 4.79 Å². The Labute approximate surface area is 97.9 Å². The van der Waals surface area contributed by atoms with Crippen molar-refractivity contribution in [3.8, 4) is 0 Å². The van der Waals surface area contributed by atoms with Gasteiger partial charge in [0.2, 0.25) is 0 Å². The van der Waals surface area contributed by atoms with Gasteiger partial charge in [-0.25, -0.2) is 0 Å². The standard InChI is InChI=1S/C15H20O/c1-3-12-6-4-7-13-8-5-9-14(15(12)13)10-11(2)16/h4,6-7,14H,3,5,8-10H2,1-2H3. The fourth-order valence-corrected chi connectivity index (χ4v) is 2.95. The summed E-state index contributed by atoms with van der Waals surface area (Å²) in [6, 6.07) is 6.62. The molecule has 0 radical (unpaired) electrons. The molecule has 0 heterocycles. The fourth-order valence-electron chi connectivity index (χ4n) is 2.95. The normalized spacial score (nSPS) is 19.2. The van der Waals surface area contributed by atoms with Gasteiger partial charge in [0.05, 0.1) is 0 Å². The lowest BCUT2D eigenvalue weighted by Gasteiger charge is -2.27. The summed E-state index contributed by atoms with van der Waals surface area (Å²) in [6.45, 7) is 3.91. The van der Waals surface area contributed by atoms with E-state index in [4.69, 9.17) is 0 Å². The molecule has 1 heteroatoms. The van der Waals surface area contributed by atoms with Gasteiger partial charge in [-0.2, -0.15) is 0 Å². The number of carbonyl (C=O) groups excluding carboxylic acids is 1. The minimum atomic E-state index is 0.323. The molecule has 2 rings (SSSR count). The van der Waals surface area contributed by atoms with E-state index in [2.05, 4.69) is 25.1 Å². The van der Waals surface area contributed by atoms with Gasteiger partial charge in [-0.15, -0.1) is 0 Å². The molecule has 0 saturated heterocycles. The third-order valence-corrected chi connectivity index (χ3v) is 3.61. The molecule has 0 saturated carbocycles. The first-order valence-electron chi connectivity index (χ1n) is 6.32. The number of aryl methyl sites for hydroxylation is 2. The Bertz CT molecular complexity index is 378. The molecule has 1 aromatic rings. The Kier molecular flexibility index (Phi) is 3.42. The second-order valence-corrected chi connectivity index (χ2v) is 4.84. The highest BCUT2D eigenvalue weighted by molar-refractivity contribution is 5.76. The Balaban J connectivity index is 2.38. The van der Waals surface area contributed by atoms with Crippen LogP contribution in [-0.4, -0.2) is 5.78 Å². The molecule has 0 fully saturated rings. The van der Waals surface area contributed by atoms with E-state index in [1.54, 1.807) is 6.92 Å². The number of rotatable bonds is 3. The van der Waals surface area contributed by atoms with Crippen LogP contribution in [0.15, 0.2) is 18.2 Å². The second kappa shape index (κ2) is 4.82. The number of carbonyl (C=O) groups is 1. The number of fused-ring (bicyclic) bond motifs is 1. The zero-order valence-electron chi connectivity index (χ0n) is 10.3. The lowest BCUT2D eigenvalue weighted by atomic mass is 9.77. The number of Topliss-reactive ketones (excluding diaryl/α,β-unsaturated/α-hetero) is 1. The van der Waals surface area contributed by atoms with E-state index in [1.165, 1.54) is 36.0 Å². The maximum absolute atomic E-state index is 11.3. The molecule has 1 nitrogen and oxygen atoms in total. The van der Waals surface area contributed by atoms with Crippen LogP contribution in [0, 0.1) is 0 Å². The fraction of sp³-hybridized carbons (Fsp3) is 0.533. The van der Waals surface area contributed by atoms with Crippen molar-refractivity contribution in [2.45, 2.75) is 51.9 Å². The molecule has 0 bridgehead atoms. The Morgan fingerprint density at radius 3 is 2.94 bits per heavy atom. The predicted octanol–water partition coefficient (Wildman–Crippen LogP) is 3.65. The van der Waals surface area contributed by atoms with Gasteiger partial charge in [0, 0.05) is 6.42 Å². The van der Waals surface area contributed by atoms with E-state index in [0.717, 1.165) is 12.8 Å². The second-order valence-electron chi connectivity index (χ2n) is 4.84. The number of benzene rings is 1. The van der Waals surface area contributed by atoms with Gasteiger partial charge in [0.1, 0.15) is 5.78 Å². The van der Waals surface area contributed by atoms with E-state index in [0.29, 0.717) is 11.7 Å². The van der Waals surface area contributed by atoms with Crippen molar-refractivity contribution in [1.82, 2.24) is 0 Å². The maximum atomic E-state index is 11.3. The van der Waals surface area contributed by atoms with Crippen molar-refractivity contribution in [2.75, 3.05) is 0 Å². The van der Waals surface area contributed by atoms with Gasteiger partial charge in [0.25, 0.3) is 0 Å². The van der Waals surface area contributed by atoms with Gasteiger partial charge < -0.3 is 4.79 Å². The van der Waals surface area contributed by atoms with Crippen LogP contribution in [0.1, 0.15) is 55.7 Å². The van der Waals surface area contributed by atoms with Gasteiger partial charge in [0.15, 0.2) is 0 Å². The highest BCUT2D eigenvalue weighted by Crippen LogP contribution is 2.36. The number of ketones is 1. The molecule has 0 N–H and O–H groups in total. The summed E-state index contributed by atoms with van der Waals surface area (Å²) in [5.41, 5.74) is 4.42. The highest BCUT2D eigenvalue weighted by atomic mass is 16.1. The minimum Gasteiger partial charge on any atom is -0.300 e. The van der Waals surface area contributed by atoms with Crippen molar-refractivity contribution in [2.24, 2.45) is 0 Å². The Hall–Kier alpha value is -1.11.